The highest BCUT2D eigenvalue weighted by molar-refractivity contribution is 5.35. The zero-order valence-electron chi connectivity index (χ0n) is 12.4. The smallest absolute Gasteiger partial charge is 0.0354 e. The van der Waals surface area contributed by atoms with Gasteiger partial charge in [-0.15, -0.1) is 0 Å². The fourth-order valence-corrected chi connectivity index (χ4v) is 3.49. The van der Waals surface area contributed by atoms with Crippen LogP contribution in [-0.2, 0) is 0 Å². The Hall–Kier alpha value is -0.820. The molecule has 2 aliphatic rings. The van der Waals surface area contributed by atoms with E-state index in [0.29, 0.717) is 6.04 Å². The molecule has 0 bridgehead atoms. The first kappa shape index (κ1) is 13.2. The maximum atomic E-state index is 3.82. The summed E-state index contributed by atoms with van der Waals surface area (Å²) in [5.41, 5.74) is 3.25. The molecule has 0 radical (unpaired) electrons. The van der Waals surface area contributed by atoms with Crippen LogP contribution in [0.1, 0.15) is 69.0 Å². The summed E-state index contributed by atoms with van der Waals surface area (Å²) in [6, 6.07) is 9.82. The van der Waals surface area contributed by atoms with Gasteiger partial charge in [-0.1, -0.05) is 44.5 Å². The Bertz CT molecular complexity index is 421. The second-order valence-corrected chi connectivity index (χ2v) is 6.57. The van der Waals surface area contributed by atoms with Crippen LogP contribution in [0.25, 0.3) is 0 Å². The van der Waals surface area contributed by atoms with Gasteiger partial charge in [0, 0.05) is 6.04 Å². The van der Waals surface area contributed by atoms with Crippen LogP contribution in [0.5, 0.6) is 0 Å². The van der Waals surface area contributed by atoms with Gasteiger partial charge in [0.1, 0.15) is 0 Å². The van der Waals surface area contributed by atoms with Crippen molar-refractivity contribution in [3.8, 4) is 0 Å². The van der Waals surface area contributed by atoms with E-state index in [2.05, 4.69) is 43.4 Å². The molecule has 3 unspecified atom stereocenters. The normalized spacial score (nSPS) is 27.9. The quantitative estimate of drug-likeness (QED) is 0.782. The topological polar surface area (TPSA) is 12.0 Å². The average molecular weight is 257 g/mol. The molecular formula is C18H27N. The first-order valence-corrected chi connectivity index (χ1v) is 8.13. The Labute approximate surface area is 117 Å². The van der Waals surface area contributed by atoms with Gasteiger partial charge in [0.05, 0.1) is 0 Å². The zero-order valence-corrected chi connectivity index (χ0v) is 12.4. The molecule has 0 heterocycles. The van der Waals surface area contributed by atoms with Gasteiger partial charge in [0.25, 0.3) is 0 Å². The third-order valence-corrected chi connectivity index (χ3v) is 5.09. The van der Waals surface area contributed by atoms with Gasteiger partial charge in [0.2, 0.25) is 0 Å². The van der Waals surface area contributed by atoms with Crippen molar-refractivity contribution in [3.05, 3.63) is 35.4 Å². The maximum absolute atomic E-state index is 3.82. The summed E-state index contributed by atoms with van der Waals surface area (Å²) in [5, 5.41) is 3.82. The minimum atomic E-state index is 0.603. The Morgan fingerprint density at radius 1 is 1.26 bits per heavy atom. The first-order valence-electron chi connectivity index (χ1n) is 8.13. The van der Waals surface area contributed by atoms with Crippen molar-refractivity contribution in [2.75, 3.05) is 6.54 Å². The molecule has 3 rings (SSSR count). The van der Waals surface area contributed by atoms with Crippen LogP contribution < -0.4 is 5.32 Å². The molecule has 0 spiro atoms. The van der Waals surface area contributed by atoms with E-state index >= 15 is 0 Å². The molecule has 1 heteroatoms. The van der Waals surface area contributed by atoms with Crippen LogP contribution in [0.4, 0.5) is 0 Å². The molecule has 0 aliphatic heterocycles. The third kappa shape index (κ3) is 2.72. The Morgan fingerprint density at radius 2 is 2.00 bits per heavy atom. The predicted octanol–water partition coefficient (Wildman–Crippen LogP) is 4.65. The monoisotopic (exact) mass is 257 g/mol. The molecule has 2 fully saturated rings. The van der Waals surface area contributed by atoms with E-state index in [9.17, 15) is 0 Å². The van der Waals surface area contributed by atoms with Crippen molar-refractivity contribution in [2.24, 2.45) is 11.8 Å². The van der Waals surface area contributed by atoms with Gasteiger partial charge < -0.3 is 5.32 Å². The van der Waals surface area contributed by atoms with E-state index in [1.165, 1.54) is 32.1 Å². The van der Waals surface area contributed by atoms with Crippen LogP contribution in [-0.4, -0.2) is 6.54 Å². The Kier molecular flexibility index (Phi) is 3.93. The molecule has 0 amide bonds. The van der Waals surface area contributed by atoms with Gasteiger partial charge in [-0.05, 0) is 61.1 Å². The van der Waals surface area contributed by atoms with Crippen molar-refractivity contribution >= 4 is 0 Å². The second kappa shape index (κ2) is 5.66. The molecule has 0 aromatic heterocycles. The van der Waals surface area contributed by atoms with E-state index in [0.717, 1.165) is 24.3 Å². The first-order chi connectivity index (χ1) is 9.31. The molecular weight excluding hydrogens is 230 g/mol. The molecule has 1 aromatic carbocycles. The average Bonchev–Trinajstić information content (AvgIpc) is 3.07. The summed E-state index contributed by atoms with van der Waals surface area (Å²) in [4.78, 5) is 0. The Morgan fingerprint density at radius 3 is 2.58 bits per heavy atom. The largest absolute Gasteiger partial charge is 0.310 e. The molecule has 2 aliphatic carbocycles. The van der Waals surface area contributed by atoms with E-state index in [-0.39, 0.29) is 0 Å². The number of nitrogens with one attached hydrogen (secondary N) is 1. The number of hydrogen-bond donors (Lipinski definition) is 1. The Balaban J connectivity index is 1.84. The van der Waals surface area contributed by atoms with Gasteiger partial charge >= 0.3 is 0 Å². The maximum Gasteiger partial charge on any atom is 0.0354 e. The number of hydrogen-bond acceptors (Lipinski definition) is 1. The molecule has 19 heavy (non-hydrogen) atoms. The van der Waals surface area contributed by atoms with Gasteiger partial charge in [0.15, 0.2) is 0 Å². The molecule has 1 aromatic rings. The highest BCUT2D eigenvalue weighted by atomic mass is 14.9. The van der Waals surface area contributed by atoms with Crippen LogP contribution >= 0.6 is 0 Å². The minimum absolute atomic E-state index is 0.603. The molecule has 1 N–H and O–H groups in total. The molecule has 3 atom stereocenters. The van der Waals surface area contributed by atoms with Crippen LogP contribution in [0.15, 0.2) is 24.3 Å². The molecule has 104 valence electrons. The molecule has 2 saturated carbocycles. The van der Waals surface area contributed by atoms with Gasteiger partial charge in [-0.25, -0.2) is 0 Å². The lowest BCUT2D eigenvalue weighted by Gasteiger charge is -2.31. The predicted molar refractivity (Wildman–Crippen MR) is 81.3 cm³/mol. The van der Waals surface area contributed by atoms with Crippen molar-refractivity contribution in [3.63, 3.8) is 0 Å². The summed E-state index contributed by atoms with van der Waals surface area (Å²) in [5.74, 6) is 2.62. The van der Waals surface area contributed by atoms with E-state index in [4.69, 9.17) is 0 Å². The summed E-state index contributed by atoms with van der Waals surface area (Å²) >= 11 is 0. The molecule has 1 nitrogen and oxygen atoms in total. The molecule has 0 saturated heterocycles. The summed E-state index contributed by atoms with van der Waals surface area (Å²) in [6.45, 7) is 5.81. The SMILES string of the molecule is CCCNC(c1ccccc1C1CCC1)C1CC1C. The fourth-order valence-electron chi connectivity index (χ4n) is 3.49. The van der Waals surface area contributed by atoms with Gasteiger partial charge in [-0.3, -0.25) is 0 Å². The zero-order chi connectivity index (χ0) is 13.2. The number of rotatable bonds is 6. The van der Waals surface area contributed by atoms with Crippen LogP contribution in [0, 0.1) is 11.8 Å². The van der Waals surface area contributed by atoms with E-state index in [1.807, 2.05) is 0 Å². The lowest BCUT2D eigenvalue weighted by Crippen LogP contribution is -2.26. The standard InChI is InChI=1S/C18H27N/c1-3-11-19-18(17-12-13(17)2)16-10-5-4-9-15(16)14-7-6-8-14/h4-5,9-10,13-14,17-19H,3,6-8,11-12H2,1-2H3. The van der Waals surface area contributed by atoms with Crippen molar-refractivity contribution in [2.45, 2.75) is 57.9 Å². The summed E-state index contributed by atoms with van der Waals surface area (Å²) in [6.07, 6.45) is 6.85. The number of benzene rings is 1. The van der Waals surface area contributed by atoms with Gasteiger partial charge in [-0.2, -0.15) is 0 Å². The lowest BCUT2D eigenvalue weighted by atomic mass is 9.76. The minimum Gasteiger partial charge on any atom is -0.310 e. The van der Waals surface area contributed by atoms with Crippen LogP contribution in [0.2, 0.25) is 0 Å². The second-order valence-electron chi connectivity index (χ2n) is 6.57. The van der Waals surface area contributed by atoms with E-state index in [1.54, 1.807) is 11.1 Å². The van der Waals surface area contributed by atoms with Crippen molar-refractivity contribution < 1.29 is 0 Å². The van der Waals surface area contributed by atoms with Crippen molar-refractivity contribution in [1.82, 2.24) is 5.32 Å². The summed E-state index contributed by atoms with van der Waals surface area (Å²) in [7, 11) is 0. The summed E-state index contributed by atoms with van der Waals surface area (Å²) < 4.78 is 0. The third-order valence-electron chi connectivity index (χ3n) is 5.09. The van der Waals surface area contributed by atoms with E-state index < -0.39 is 0 Å². The highest BCUT2D eigenvalue weighted by Crippen LogP contribution is 2.49. The lowest BCUT2D eigenvalue weighted by molar-refractivity contribution is 0.402. The van der Waals surface area contributed by atoms with Crippen LogP contribution in [0.3, 0.4) is 0 Å². The fraction of sp³-hybridized carbons (Fsp3) is 0.667. The highest BCUT2D eigenvalue weighted by Gasteiger charge is 2.41. The van der Waals surface area contributed by atoms with Crippen molar-refractivity contribution in [1.29, 1.82) is 0 Å².